The summed E-state index contributed by atoms with van der Waals surface area (Å²) in [6, 6.07) is 2.24. The van der Waals surface area contributed by atoms with Crippen molar-refractivity contribution in [3.05, 3.63) is 23.9 Å². The Hall–Kier alpha value is -1.99. The number of halogens is 3. The van der Waals surface area contributed by atoms with Crippen molar-refractivity contribution in [2.24, 2.45) is 10.7 Å². The molecule has 1 aromatic heterocycles. The summed E-state index contributed by atoms with van der Waals surface area (Å²) in [5, 5.41) is 5.43. The lowest BCUT2D eigenvalue weighted by molar-refractivity contribution is -0.137. The van der Waals surface area contributed by atoms with Crippen molar-refractivity contribution >= 4 is 11.8 Å². The molecule has 0 aliphatic rings. The average molecular weight is 289 g/mol. The molecular formula is C12H18F3N5. The number of anilines is 1. The van der Waals surface area contributed by atoms with Crippen LogP contribution in [0.5, 0.6) is 0 Å². The van der Waals surface area contributed by atoms with Crippen LogP contribution in [0, 0.1) is 0 Å². The van der Waals surface area contributed by atoms with Crippen LogP contribution in [0.4, 0.5) is 19.0 Å². The van der Waals surface area contributed by atoms with Crippen LogP contribution in [0.25, 0.3) is 0 Å². The fourth-order valence-electron chi connectivity index (χ4n) is 1.43. The Morgan fingerprint density at radius 1 is 1.40 bits per heavy atom. The predicted octanol–water partition coefficient (Wildman–Crippen LogP) is 1.83. The molecule has 0 fully saturated rings. The van der Waals surface area contributed by atoms with E-state index in [0.717, 1.165) is 12.5 Å². The summed E-state index contributed by atoms with van der Waals surface area (Å²) in [5.41, 5.74) is 4.77. The number of nitrogens with one attached hydrogen (secondary N) is 2. The Bertz CT molecular complexity index is 445. The maximum Gasteiger partial charge on any atom is 0.419 e. The number of nitrogens with zero attached hydrogens (tertiary/aromatic N) is 2. The molecular weight excluding hydrogens is 271 g/mol. The molecule has 0 spiro atoms. The van der Waals surface area contributed by atoms with Crippen LogP contribution in [0.1, 0.15) is 18.9 Å². The van der Waals surface area contributed by atoms with Crippen molar-refractivity contribution in [1.82, 2.24) is 10.3 Å². The van der Waals surface area contributed by atoms with Gasteiger partial charge in [0.15, 0.2) is 5.96 Å². The zero-order valence-corrected chi connectivity index (χ0v) is 11.2. The van der Waals surface area contributed by atoms with E-state index in [1.54, 1.807) is 0 Å². The number of aromatic nitrogens is 1. The van der Waals surface area contributed by atoms with Crippen molar-refractivity contribution < 1.29 is 13.2 Å². The Morgan fingerprint density at radius 2 is 2.15 bits per heavy atom. The summed E-state index contributed by atoms with van der Waals surface area (Å²) < 4.78 is 38.1. The van der Waals surface area contributed by atoms with Crippen LogP contribution in [-0.2, 0) is 6.18 Å². The zero-order chi connectivity index (χ0) is 15.0. The lowest BCUT2D eigenvalue weighted by Gasteiger charge is -2.13. The van der Waals surface area contributed by atoms with E-state index in [1.165, 1.54) is 12.3 Å². The van der Waals surface area contributed by atoms with E-state index in [-0.39, 0.29) is 18.3 Å². The number of alkyl halides is 3. The van der Waals surface area contributed by atoms with Crippen LogP contribution >= 0.6 is 0 Å². The van der Waals surface area contributed by atoms with Crippen molar-refractivity contribution in [3.8, 4) is 0 Å². The van der Waals surface area contributed by atoms with Gasteiger partial charge in [-0.3, -0.25) is 4.99 Å². The van der Waals surface area contributed by atoms with E-state index in [0.29, 0.717) is 13.1 Å². The Balaban J connectivity index is 2.47. The van der Waals surface area contributed by atoms with Crippen molar-refractivity contribution in [2.75, 3.05) is 25.0 Å². The molecule has 0 saturated heterocycles. The zero-order valence-electron chi connectivity index (χ0n) is 11.2. The van der Waals surface area contributed by atoms with Gasteiger partial charge in [-0.25, -0.2) is 4.98 Å². The van der Waals surface area contributed by atoms with Gasteiger partial charge in [0.2, 0.25) is 0 Å². The molecule has 1 rings (SSSR count). The fraction of sp³-hybridized carbons (Fsp3) is 0.500. The van der Waals surface area contributed by atoms with Gasteiger partial charge in [0, 0.05) is 25.8 Å². The summed E-state index contributed by atoms with van der Waals surface area (Å²) in [6.45, 7) is 3.19. The molecule has 0 bridgehead atoms. The molecule has 0 aliphatic carbocycles. The van der Waals surface area contributed by atoms with Gasteiger partial charge in [-0.2, -0.15) is 13.2 Å². The van der Waals surface area contributed by atoms with Gasteiger partial charge < -0.3 is 16.4 Å². The largest absolute Gasteiger partial charge is 0.419 e. The second-order valence-electron chi connectivity index (χ2n) is 4.02. The molecule has 0 amide bonds. The van der Waals surface area contributed by atoms with E-state index in [9.17, 15) is 13.2 Å². The predicted molar refractivity (Wildman–Crippen MR) is 72.5 cm³/mol. The van der Waals surface area contributed by atoms with Gasteiger partial charge >= 0.3 is 6.18 Å². The van der Waals surface area contributed by atoms with E-state index >= 15 is 0 Å². The van der Waals surface area contributed by atoms with Gasteiger partial charge in [0.1, 0.15) is 5.82 Å². The first-order valence-corrected chi connectivity index (χ1v) is 6.25. The standard InChI is InChI=1S/C12H18F3N5/c1-2-5-19-11(16)20-8-7-18-10-9(12(13,14)15)4-3-6-17-10/h3-4,6H,2,5,7-8H2,1H3,(H,17,18)(H3,16,19,20). The Kier molecular flexibility index (Phi) is 6.08. The lowest BCUT2D eigenvalue weighted by Crippen LogP contribution is -2.35. The first kappa shape index (κ1) is 16.1. The number of rotatable bonds is 6. The minimum Gasteiger partial charge on any atom is -0.370 e. The number of hydrogen-bond acceptors (Lipinski definition) is 3. The average Bonchev–Trinajstić information content (AvgIpc) is 2.40. The molecule has 5 nitrogen and oxygen atoms in total. The molecule has 0 radical (unpaired) electrons. The first-order chi connectivity index (χ1) is 9.45. The van der Waals surface area contributed by atoms with Gasteiger partial charge in [0.25, 0.3) is 0 Å². The summed E-state index contributed by atoms with van der Waals surface area (Å²) >= 11 is 0. The minimum atomic E-state index is -4.42. The summed E-state index contributed by atoms with van der Waals surface area (Å²) in [5.74, 6) is 0.0941. The van der Waals surface area contributed by atoms with Crippen molar-refractivity contribution in [3.63, 3.8) is 0 Å². The van der Waals surface area contributed by atoms with Crippen LogP contribution in [0.3, 0.4) is 0 Å². The van der Waals surface area contributed by atoms with Gasteiger partial charge in [-0.15, -0.1) is 0 Å². The SMILES string of the molecule is CCCN=C(N)NCCNc1ncccc1C(F)(F)F. The summed E-state index contributed by atoms with van der Waals surface area (Å²) in [6.07, 6.45) is -2.24. The Labute approximate surface area is 115 Å². The quantitative estimate of drug-likeness (QED) is 0.424. The van der Waals surface area contributed by atoms with Crippen molar-refractivity contribution in [2.45, 2.75) is 19.5 Å². The molecule has 0 aliphatic heterocycles. The summed E-state index contributed by atoms with van der Waals surface area (Å²) in [7, 11) is 0. The first-order valence-electron chi connectivity index (χ1n) is 6.25. The number of guanidine groups is 1. The minimum absolute atomic E-state index is 0.189. The van der Waals surface area contributed by atoms with Crippen molar-refractivity contribution in [1.29, 1.82) is 0 Å². The topological polar surface area (TPSA) is 75.3 Å². The highest BCUT2D eigenvalue weighted by atomic mass is 19.4. The molecule has 0 aromatic carbocycles. The van der Waals surface area contributed by atoms with E-state index in [4.69, 9.17) is 5.73 Å². The van der Waals surface area contributed by atoms with Gasteiger partial charge in [0.05, 0.1) is 5.56 Å². The molecule has 8 heteroatoms. The highest BCUT2D eigenvalue weighted by Crippen LogP contribution is 2.33. The number of pyridine rings is 1. The van der Waals surface area contributed by atoms with Crippen LogP contribution in [0.2, 0.25) is 0 Å². The molecule has 20 heavy (non-hydrogen) atoms. The number of hydrogen-bond donors (Lipinski definition) is 3. The van der Waals surface area contributed by atoms with E-state index < -0.39 is 11.7 Å². The highest BCUT2D eigenvalue weighted by molar-refractivity contribution is 5.77. The smallest absolute Gasteiger partial charge is 0.370 e. The maximum atomic E-state index is 12.7. The lowest BCUT2D eigenvalue weighted by atomic mass is 10.2. The number of aliphatic imine (C=N–C) groups is 1. The molecule has 0 saturated carbocycles. The monoisotopic (exact) mass is 289 g/mol. The fourth-order valence-corrected chi connectivity index (χ4v) is 1.43. The summed E-state index contributed by atoms with van der Waals surface area (Å²) in [4.78, 5) is 7.69. The Morgan fingerprint density at radius 3 is 2.80 bits per heavy atom. The van der Waals surface area contributed by atoms with Gasteiger partial charge in [-0.05, 0) is 18.6 Å². The molecule has 1 aromatic rings. The number of nitrogens with two attached hydrogens (primary N) is 1. The molecule has 4 N–H and O–H groups in total. The third-order valence-electron chi connectivity index (χ3n) is 2.34. The van der Waals surface area contributed by atoms with Crippen LogP contribution < -0.4 is 16.4 Å². The highest BCUT2D eigenvalue weighted by Gasteiger charge is 2.33. The van der Waals surface area contributed by atoms with E-state index in [2.05, 4.69) is 20.6 Å². The molecule has 0 unspecified atom stereocenters. The second-order valence-corrected chi connectivity index (χ2v) is 4.02. The van der Waals surface area contributed by atoms with Crippen LogP contribution in [-0.4, -0.2) is 30.6 Å². The molecule has 0 atom stereocenters. The van der Waals surface area contributed by atoms with Crippen LogP contribution in [0.15, 0.2) is 23.3 Å². The maximum absolute atomic E-state index is 12.7. The third kappa shape index (κ3) is 5.33. The third-order valence-corrected chi connectivity index (χ3v) is 2.34. The second kappa shape index (κ2) is 7.56. The van der Waals surface area contributed by atoms with E-state index in [1.807, 2.05) is 6.92 Å². The normalized spacial score (nSPS) is 12.3. The van der Waals surface area contributed by atoms with Gasteiger partial charge in [-0.1, -0.05) is 6.92 Å². The molecule has 112 valence electrons. The molecule has 1 heterocycles.